The summed E-state index contributed by atoms with van der Waals surface area (Å²) in [5, 5.41) is 2.59. The van der Waals surface area contributed by atoms with Crippen LogP contribution in [0.5, 0.6) is 0 Å². The van der Waals surface area contributed by atoms with E-state index in [0.29, 0.717) is 13.1 Å². The topological polar surface area (TPSA) is 41.6 Å². The van der Waals surface area contributed by atoms with Gasteiger partial charge in [0.15, 0.2) is 0 Å². The number of nitrogens with zero attached hydrogens (tertiary/aromatic N) is 1. The maximum atomic E-state index is 12.3. The Morgan fingerprint density at radius 2 is 2.16 bits per heavy atom. The fourth-order valence-corrected chi connectivity index (χ4v) is 3.00. The summed E-state index contributed by atoms with van der Waals surface area (Å²) in [6.07, 6.45) is -1.99. The molecule has 3 aliphatic rings. The minimum atomic E-state index is -4.12. The molecule has 1 aliphatic carbocycles. The van der Waals surface area contributed by atoms with E-state index in [-0.39, 0.29) is 24.6 Å². The number of urea groups is 1. The van der Waals surface area contributed by atoms with Gasteiger partial charge in [0.1, 0.15) is 5.60 Å². The Bertz CT molecular complexity index is 372. The molecule has 4 nitrogen and oxygen atoms in total. The van der Waals surface area contributed by atoms with Crippen molar-refractivity contribution in [2.75, 3.05) is 26.2 Å². The first-order valence-electron chi connectivity index (χ1n) is 6.63. The van der Waals surface area contributed by atoms with E-state index in [4.69, 9.17) is 4.74 Å². The third-order valence-corrected chi connectivity index (χ3v) is 4.29. The number of hydrogen-bond donors (Lipinski definition) is 1. The van der Waals surface area contributed by atoms with Crippen LogP contribution >= 0.6 is 0 Å². The highest BCUT2D eigenvalue weighted by atomic mass is 19.4. The van der Waals surface area contributed by atoms with Crippen molar-refractivity contribution < 1.29 is 22.7 Å². The summed E-state index contributed by atoms with van der Waals surface area (Å²) in [5.74, 6) is -1.67. The van der Waals surface area contributed by atoms with Gasteiger partial charge in [0.25, 0.3) is 0 Å². The molecular formula is C12H17F3N2O2. The predicted octanol–water partition coefficient (Wildman–Crippen LogP) is 1.76. The molecule has 3 rings (SSSR count). The number of hydrogen-bond acceptors (Lipinski definition) is 2. The molecular weight excluding hydrogens is 261 g/mol. The first-order valence-corrected chi connectivity index (χ1v) is 6.63. The predicted molar refractivity (Wildman–Crippen MR) is 60.5 cm³/mol. The lowest BCUT2D eigenvalue weighted by Crippen LogP contribution is -2.65. The first-order chi connectivity index (χ1) is 8.90. The number of amides is 2. The van der Waals surface area contributed by atoms with Gasteiger partial charge in [-0.1, -0.05) is 0 Å². The molecule has 0 radical (unpaired) electrons. The Kier molecular flexibility index (Phi) is 2.92. The van der Waals surface area contributed by atoms with E-state index in [1.54, 1.807) is 4.90 Å². The molecule has 2 atom stereocenters. The average Bonchev–Trinajstić information content (AvgIpc) is 2.91. The van der Waals surface area contributed by atoms with E-state index < -0.39 is 18.0 Å². The van der Waals surface area contributed by atoms with E-state index in [0.717, 1.165) is 19.4 Å². The number of halogens is 3. The van der Waals surface area contributed by atoms with Gasteiger partial charge in [0.2, 0.25) is 0 Å². The summed E-state index contributed by atoms with van der Waals surface area (Å²) in [6.45, 7) is 1.98. The van der Waals surface area contributed by atoms with E-state index >= 15 is 0 Å². The summed E-state index contributed by atoms with van der Waals surface area (Å²) < 4.78 is 42.5. The molecule has 0 aromatic heterocycles. The Morgan fingerprint density at radius 3 is 2.68 bits per heavy atom. The lowest BCUT2D eigenvalue weighted by molar-refractivity contribution is -0.150. The van der Waals surface area contributed by atoms with Gasteiger partial charge in [0, 0.05) is 13.2 Å². The molecule has 0 unspecified atom stereocenters. The fraction of sp³-hybridized carbons (Fsp3) is 0.917. The fourth-order valence-electron chi connectivity index (χ4n) is 3.00. The number of rotatable bonds is 2. The summed E-state index contributed by atoms with van der Waals surface area (Å²) in [5.41, 5.74) is -0.161. The molecule has 1 spiro atoms. The van der Waals surface area contributed by atoms with Crippen molar-refractivity contribution in [3.8, 4) is 0 Å². The Morgan fingerprint density at radius 1 is 1.42 bits per heavy atom. The Hall–Kier alpha value is -0.980. The van der Waals surface area contributed by atoms with Crippen LogP contribution in [0, 0.1) is 11.8 Å². The molecule has 108 valence electrons. The summed E-state index contributed by atoms with van der Waals surface area (Å²) in [7, 11) is 0. The molecule has 2 aliphatic heterocycles. The normalized spacial score (nSPS) is 32.3. The molecule has 0 bridgehead atoms. The molecule has 1 N–H and O–H groups in total. The second-order valence-electron chi connectivity index (χ2n) is 5.82. The van der Waals surface area contributed by atoms with Gasteiger partial charge >= 0.3 is 12.2 Å². The zero-order chi connectivity index (χ0) is 13.7. The molecule has 19 heavy (non-hydrogen) atoms. The monoisotopic (exact) mass is 278 g/mol. The molecule has 3 fully saturated rings. The number of alkyl halides is 3. The van der Waals surface area contributed by atoms with Crippen molar-refractivity contribution in [3.05, 3.63) is 0 Å². The lowest BCUT2D eigenvalue weighted by Gasteiger charge is -2.46. The number of likely N-dealkylation sites (tertiary alicyclic amines) is 1. The van der Waals surface area contributed by atoms with Crippen molar-refractivity contribution in [1.82, 2.24) is 10.2 Å². The van der Waals surface area contributed by atoms with Crippen LogP contribution in [-0.4, -0.2) is 48.9 Å². The van der Waals surface area contributed by atoms with Crippen molar-refractivity contribution in [3.63, 3.8) is 0 Å². The molecule has 2 saturated heterocycles. The van der Waals surface area contributed by atoms with Gasteiger partial charge in [-0.15, -0.1) is 0 Å². The molecule has 0 aromatic carbocycles. The molecule has 0 aromatic rings. The van der Waals surface area contributed by atoms with E-state index in [2.05, 4.69) is 5.32 Å². The Labute approximate surface area is 109 Å². The second kappa shape index (κ2) is 4.26. The molecule has 2 heterocycles. The van der Waals surface area contributed by atoms with Crippen LogP contribution in [0.3, 0.4) is 0 Å². The van der Waals surface area contributed by atoms with Gasteiger partial charge < -0.3 is 15.0 Å². The number of carbonyl (C=O) groups is 1. The van der Waals surface area contributed by atoms with Crippen molar-refractivity contribution in [2.45, 2.75) is 31.0 Å². The Balaban J connectivity index is 1.37. The van der Waals surface area contributed by atoms with Crippen molar-refractivity contribution >= 4 is 6.03 Å². The van der Waals surface area contributed by atoms with Crippen molar-refractivity contribution in [2.24, 2.45) is 11.8 Å². The van der Waals surface area contributed by atoms with Crippen molar-refractivity contribution in [1.29, 1.82) is 0 Å². The highest BCUT2D eigenvalue weighted by Gasteiger charge is 2.55. The summed E-state index contributed by atoms with van der Waals surface area (Å²) >= 11 is 0. The zero-order valence-electron chi connectivity index (χ0n) is 10.5. The first kappa shape index (κ1) is 13.0. The minimum Gasteiger partial charge on any atom is -0.371 e. The number of nitrogens with one attached hydrogen (secondary N) is 1. The maximum absolute atomic E-state index is 12.3. The average molecular weight is 278 g/mol. The number of carbonyl (C=O) groups excluding carboxylic acids is 1. The third-order valence-electron chi connectivity index (χ3n) is 4.29. The van der Waals surface area contributed by atoms with Gasteiger partial charge in [-0.05, 0) is 25.2 Å². The van der Waals surface area contributed by atoms with Gasteiger partial charge in [-0.2, -0.15) is 13.2 Å². The molecule has 2 amide bonds. The van der Waals surface area contributed by atoms with Crippen LogP contribution in [0.15, 0.2) is 0 Å². The van der Waals surface area contributed by atoms with Gasteiger partial charge in [0.05, 0.1) is 19.0 Å². The zero-order valence-corrected chi connectivity index (χ0v) is 10.5. The van der Waals surface area contributed by atoms with Crippen LogP contribution in [-0.2, 0) is 4.74 Å². The van der Waals surface area contributed by atoms with Crippen LogP contribution in [0.2, 0.25) is 0 Å². The quantitative estimate of drug-likeness (QED) is 0.836. The minimum absolute atomic E-state index is 0.118. The maximum Gasteiger partial charge on any atom is 0.392 e. The smallest absolute Gasteiger partial charge is 0.371 e. The van der Waals surface area contributed by atoms with E-state index in [9.17, 15) is 18.0 Å². The van der Waals surface area contributed by atoms with E-state index in [1.165, 1.54) is 0 Å². The lowest BCUT2D eigenvalue weighted by atomic mass is 9.91. The van der Waals surface area contributed by atoms with Crippen LogP contribution < -0.4 is 5.32 Å². The number of ether oxygens (including phenoxy) is 1. The summed E-state index contributed by atoms with van der Waals surface area (Å²) in [4.78, 5) is 13.3. The molecule has 7 heteroatoms. The van der Waals surface area contributed by atoms with Gasteiger partial charge in [-0.3, -0.25) is 0 Å². The standard InChI is InChI=1S/C12H17F3N2O2/c13-12(14,15)9-4-8(9)5-16-10(18)17-6-11(7-17)2-1-3-19-11/h8-9H,1-7H2,(H,16,18)/t8-,9+/m0/s1. The highest BCUT2D eigenvalue weighted by Crippen LogP contribution is 2.49. The van der Waals surface area contributed by atoms with Crippen LogP contribution in [0.25, 0.3) is 0 Å². The van der Waals surface area contributed by atoms with Crippen LogP contribution in [0.4, 0.5) is 18.0 Å². The molecule has 1 saturated carbocycles. The van der Waals surface area contributed by atoms with E-state index in [1.807, 2.05) is 0 Å². The summed E-state index contributed by atoms with van der Waals surface area (Å²) in [6, 6.07) is -0.269. The second-order valence-corrected chi connectivity index (χ2v) is 5.82. The SMILES string of the molecule is O=C(NC[C@@H]1C[C@H]1C(F)(F)F)N1CC2(CCCO2)C1. The van der Waals surface area contributed by atoms with Gasteiger partial charge in [-0.25, -0.2) is 4.79 Å². The van der Waals surface area contributed by atoms with Crippen LogP contribution in [0.1, 0.15) is 19.3 Å². The third kappa shape index (κ3) is 2.52. The largest absolute Gasteiger partial charge is 0.392 e. The highest BCUT2D eigenvalue weighted by molar-refractivity contribution is 5.75.